The van der Waals surface area contributed by atoms with Crippen molar-refractivity contribution in [2.24, 2.45) is 0 Å². The van der Waals surface area contributed by atoms with Crippen LogP contribution < -0.4 is 5.32 Å². The number of hydrogen-bond donors (Lipinski definition) is 1. The lowest BCUT2D eigenvalue weighted by molar-refractivity contribution is 0.0481. The van der Waals surface area contributed by atoms with Crippen LogP contribution in [0.3, 0.4) is 0 Å². The molecule has 0 aromatic heterocycles. The van der Waals surface area contributed by atoms with Crippen LogP contribution in [0.4, 0.5) is 4.39 Å². The smallest absolute Gasteiger partial charge is 0.127 e. The van der Waals surface area contributed by atoms with E-state index in [1.165, 1.54) is 0 Å². The third-order valence-corrected chi connectivity index (χ3v) is 4.87. The summed E-state index contributed by atoms with van der Waals surface area (Å²) in [7, 11) is 0. The summed E-state index contributed by atoms with van der Waals surface area (Å²) in [5.41, 5.74) is 0.942. The van der Waals surface area contributed by atoms with Gasteiger partial charge < -0.3 is 5.32 Å². The first-order chi connectivity index (χ1) is 9.50. The van der Waals surface area contributed by atoms with Gasteiger partial charge in [0, 0.05) is 36.3 Å². The van der Waals surface area contributed by atoms with Gasteiger partial charge in [0.15, 0.2) is 0 Å². The molecule has 3 atom stereocenters. The van der Waals surface area contributed by atoms with E-state index < -0.39 is 0 Å². The van der Waals surface area contributed by atoms with Crippen molar-refractivity contribution in [2.45, 2.75) is 58.2 Å². The van der Waals surface area contributed by atoms with E-state index in [9.17, 15) is 4.39 Å². The van der Waals surface area contributed by atoms with Gasteiger partial charge in [-0.25, -0.2) is 4.39 Å². The van der Waals surface area contributed by atoms with Gasteiger partial charge >= 0.3 is 0 Å². The fourth-order valence-electron chi connectivity index (χ4n) is 3.13. The topological polar surface area (TPSA) is 15.3 Å². The maximum absolute atomic E-state index is 14.1. The Morgan fingerprint density at radius 2 is 2.10 bits per heavy atom. The zero-order valence-corrected chi connectivity index (χ0v) is 13.1. The molecule has 0 bridgehead atoms. The molecule has 0 saturated carbocycles. The zero-order chi connectivity index (χ0) is 14.8. The average Bonchev–Trinajstić information content (AvgIpc) is 2.47. The lowest BCUT2D eigenvalue weighted by atomic mass is 9.90. The van der Waals surface area contributed by atoms with Crippen molar-refractivity contribution in [1.82, 2.24) is 10.2 Å². The molecule has 1 aliphatic rings. The number of halogens is 1. The minimum Gasteiger partial charge on any atom is -0.309 e. The van der Waals surface area contributed by atoms with E-state index in [4.69, 9.17) is 0 Å². The second kappa shape index (κ2) is 6.23. The van der Waals surface area contributed by atoms with Crippen LogP contribution in [-0.2, 0) is 0 Å². The van der Waals surface area contributed by atoms with Gasteiger partial charge in [0.25, 0.3) is 0 Å². The van der Waals surface area contributed by atoms with E-state index >= 15 is 0 Å². The molecule has 0 radical (unpaired) electrons. The molecule has 0 spiro atoms. The molecule has 1 aromatic rings. The molecule has 1 aliphatic heterocycles. The summed E-state index contributed by atoms with van der Waals surface area (Å²) in [6.07, 6.45) is 2.18. The lowest BCUT2D eigenvalue weighted by Gasteiger charge is -2.48. The van der Waals surface area contributed by atoms with Crippen LogP contribution in [0.25, 0.3) is 0 Å². The Morgan fingerprint density at radius 3 is 2.70 bits per heavy atom. The van der Waals surface area contributed by atoms with Crippen LogP contribution in [0.15, 0.2) is 24.3 Å². The van der Waals surface area contributed by atoms with E-state index in [-0.39, 0.29) is 17.4 Å². The van der Waals surface area contributed by atoms with Crippen LogP contribution in [0.2, 0.25) is 0 Å². The van der Waals surface area contributed by atoms with Crippen molar-refractivity contribution in [3.8, 4) is 0 Å². The number of piperazine rings is 1. The number of hydrogen-bond acceptors (Lipinski definition) is 2. The summed E-state index contributed by atoms with van der Waals surface area (Å²) in [6.45, 7) is 10.8. The van der Waals surface area contributed by atoms with E-state index in [0.717, 1.165) is 31.5 Å². The summed E-state index contributed by atoms with van der Waals surface area (Å²) in [5, 5.41) is 3.66. The Kier molecular flexibility index (Phi) is 4.82. The van der Waals surface area contributed by atoms with Gasteiger partial charge in [0.05, 0.1) is 0 Å². The minimum atomic E-state index is -0.0911. The Hall–Kier alpha value is -0.930. The number of rotatable bonds is 4. The molecule has 3 unspecified atom stereocenters. The molecule has 112 valence electrons. The lowest BCUT2D eigenvalue weighted by Crippen LogP contribution is -2.62. The highest BCUT2D eigenvalue weighted by Crippen LogP contribution is 2.30. The summed E-state index contributed by atoms with van der Waals surface area (Å²) < 4.78 is 14.1. The molecule has 1 heterocycles. The van der Waals surface area contributed by atoms with Gasteiger partial charge in [-0.15, -0.1) is 0 Å². The minimum absolute atomic E-state index is 0.0911. The first-order valence-corrected chi connectivity index (χ1v) is 7.76. The van der Waals surface area contributed by atoms with Gasteiger partial charge in [0.2, 0.25) is 0 Å². The fourth-order valence-corrected chi connectivity index (χ4v) is 3.13. The number of nitrogens with zero attached hydrogens (tertiary/aromatic N) is 1. The molecular formula is C17H27FN2. The summed E-state index contributed by atoms with van der Waals surface area (Å²) >= 11 is 0. The average molecular weight is 278 g/mol. The SMILES string of the molecule is CCC1CNC(C)(CC)CN1C(C)c1ccccc1F. The molecule has 1 fully saturated rings. The highest BCUT2D eigenvalue weighted by atomic mass is 19.1. The Morgan fingerprint density at radius 1 is 1.40 bits per heavy atom. The Labute approximate surface area is 122 Å². The number of nitrogens with one attached hydrogen (secondary N) is 1. The van der Waals surface area contributed by atoms with E-state index in [2.05, 4.69) is 37.9 Å². The van der Waals surface area contributed by atoms with Crippen LogP contribution in [0.5, 0.6) is 0 Å². The predicted octanol–water partition coefficient (Wildman–Crippen LogP) is 3.74. The van der Waals surface area contributed by atoms with Gasteiger partial charge in [-0.05, 0) is 32.8 Å². The first-order valence-electron chi connectivity index (χ1n) is 7.76. The van der Waals surface area contributed by atoms with Crippen molar-refractivity contribution in [2.75, 3.05) is 13.1 Å². The molecule has 1 aromatic carbocycles. The summed E-state index contributed by atoms with van der Waals surface area (Å²) in [4.78, 5) is 2.47. The third kappa shape index (κ3) is 3.04. The molecule has 1 N–H and O–H groups in total. The van der Waals surface area contributed by atoms with Gasteiger partial charge in [-0.1, -0.05) is 32.0 Å². The fraction of sp³-hybridized carbons (Fsp3) is 0.647. The van der Waals surface area contributed by atoms with Crippen LogP contribution in [-0.4, -0.2) is 29.6 Å². The van der Waals surface area contributed by atoms with Crippen molar-refractivity contribution in [1.29, 1.82) is 0 Å². The van der Waals surface area contributed by atoms with E-state index in [1.54, 1.807) is 12.1 Å². The highest BCUT2D eigenvalue weighted by molar-refractivity contribution is 5.21. The van der Waals surface area contributed by atoms with Gasteiger partial charge in [0.1, 0.15) is 5.82 Å². The molecule has 1 saturated heterocycles. The van der Waals surface area contributed by atoms with Crippen LogP contribution in [0, 0.1) is 5.82 Å². The van der Waals surface area contributed by atoms with Gasteiger partial charge in [-0.3, -0.25) is 4.90 Å². The zero-order valence-electron chi connectivity index (χ0n) is 13.1. The largest absolute Gasteiger partial charge is 0.309 e. The van der Waals surface area contributed by atoms with Crippen LogP contribution in [0.1, 0.15) is 52.1 Å². The maximum atomic E-state index is 14.1. The summed E-state index contributed by atoms with van der Waals surface area (Å²) in [6, 6.07) is 7.76. The molecule has 2 rings (SSSR count). The monoisotopic (exact) mass is 278 g/mol. The number of benzene rings is 1. The second-order valence-corrected chi connectivity index (χ2v) is 6.23. The Bertz CT molecular complexity index is 448. The standard InChI is InChI=1S/C17H27FN2/c1-5-14-11-19-17(4,6-2)12-20(14)13(3)15-9-7-8-10-16(15)18/h7-10,13-14,19H,5-6,11-12H2,1-4H3. The quantitative estimate of drug-likeness (QED) is 0.902. The first kappa shape index (κ1) is 15.5. The van der Waals surface area contributed by atoms with Crippen LogP contribution >= 0.6 is 0 Å². The third-order valence-electron chi connectivity index (χ3n) is 4.87. The van der Waals surface area contributed by atoms with E-state index in [1.807, 2.05) is 12.1 Å². The molecule has 2 nitrogen and oxygen atoms in total. The van der Waals surface area contributed by atoms with Gasteiger partial charge in [-0.2, -0.15) is 0 Å². The second-order valence-electron chi connectivity index (χ2n) is 6.23. The van der Waals surface area contributed by atoms with Crippen molar-refractivity contribution < 1.29 is 4.39 Å². The predicted molar refractivity (Wildman–Crippen MR) is 82.3 cm³/mol. The highest BCUT2D eigenvalue weighted by Gasteiger charge is 2.36. The maximum Gasteiger partial charge on any atom is 0.127 e. The molecule has 20 heavy (non-hydrogen) atoms. The Balaban J connectivity index is 2.25. The van der Waals surface area contributed by atoms with Crippen molar-refractivity contribution >= 4 is 0 Å². The molecule has 3 heteroatoms. The molecular weight excluding hydrogens is 251 g/mol. The molecule has 0 aliphatic carbocycles. The molecule has 0 amide bonds. The van der Waals surface area contributed by atoms with Crippen molar-refractivity contribution in [3.63, 3.8) is 0 Å². The van der Waals surface area contributed by atoms with Crippen molar-refractivity contribution in [3.05, 3.63) is 35.6 Å². The van der Waals surface area contributed by atoms with E-state index in [0.29, 0.717) is 6.04 Å². The normalized spacial score (nSPS) is 29.4. The summed E-state index contributed by atoms with van der Waals surface area (Å²) in [5.74, 6) is -0.0911.